The number of hydrogen-bond donors (Lipinski definition) is 2. The molecule has 0 spiro atoms. The Balaban J connectivity index is 1.35. The number of aromatic nitrogens is 6. The first-order chi connectivity index (χ1) is 15.7. The van der Waals surface area contributed by atoms with Crippen molar-refractivity contribution in [1.29, 1.82) is 0 Å². The number of rotatable bonds is 5. The number of fused-ring (bicyclic) bond motifs is 2. The van der Waals surface area contributed by atoms with E-state index < -0.39 is 11.6 Å². The van der Waals surface area contributed by atoms with Crippen LogP contribution in [-0.4, -0.2) is 55.9 Å². The molecule has 1 aliphatic carbocycles. The van der Waals surface area contributed by atoms with E-state index in [-0.39, 0.29) is 12.1 Å². The average molecular weight is 440 g/mol. The molecule has 1 saturated carbocycles. The third-order valence-corrected chi connectivity index (χ3v) is 6.23. The molecule has 0 atom stereocenters. The van der Waals surface area contributed by atoms with Crippen molar-refractivity contribution in [3.8, 4) is 0 Å². The second-order valence-corrected chi connectivity index (χ2v) is 8.20. The zero-order valence-electron chi connectivity index (χ0n) is 17.3. The summed E-state index contributed by atoms with van der Waals surface area (Å²) in [5, 5.41) is 7.78. The fraction of sp³-hybridized carbons (Fsp3) is 0.429. The van der Waals surface area contributed by atoms with Gasteiger partial charge in [-0.1, -0.05) is 6.42 Å². The summed E-state index contributed by atoms with van der Waals surface area (Å²) >= 11 is 0. The van der Waals surface area contributed by atoms with Crippen molar-refractivity contribution in [3.05, 3.63) is 41.4 Å². The number of anilines is 2. The highest BCUT2D eigenvalue weighted by atomic mass is 19.2. The molecule has 0 amide bonds. The maximum atomic E-state index is 14.0. The summed E-state index contributed by atoms with van der Waals surface area (Å²) in [7, 11) is 0. The van der Waals surface area contributed by atoms with Gasteiger partial charge in [0.05, 0.1) is 31.5 Å². The van der Waals surface area contributed by atoms with Gasteiger partial charge in [0, 0.05) is 18.7 Å². The van der Waals surface area contributed by atoms with Gasteiger partial charge in [0.15, 0.2) is 17.3 Å². The van der Waals surface area contributed by atoms with Crippen molar-refractivity contribution in [2.24, 2.45) is 0 Å². The highest BCUT2D eigenvalue weighted by molar-refractivity contribution is 5.75. The Kier molecular flexibility index (Phi) is 4.63. The fourth-order valence-electron chi connectivity index (χ4n) is 4.22. The van der Waals surface area contributed by atoms with Gasteiger partial charge in [0.2, 0.25) is 11.9 Å². The minimum Gasteiger partial charge on any atom is -0.378 e. The zero-order chi connectivity index (χ0) is 21.7. The van der Waals surface area contributed by atoms with Crippen LogP contribution in [0.1, 0.15) is 36.6 Å². The molecule has 1 saturated heterocycles. The summed E-state index contributed by atoms with van der Waals surface area (Å²) in [5.74, 6) is 0.213. The van der Waals surface area contributed by atoms with Crippen molar-refractivity contribution in [3.63, 3.8) is 0 Å². The number of imidazole rings is 1. The topological polar surface area (TPSA) is 96.3 Å². The number of ether oxygens (including phenoxy) is 1. The van der Waals surface area contributed by atoms with E-state index in [9.17, 15) is 8.78 Å². The van der Waals surface area contributed by atoms with Crippen LogP contribution in [0.3, 0.4) is 0 Å². The van der Waals surface area contributed by atoms with Crippen LogP contribution in [-0.2, 0) is 11.3 Å². The minimum atomic E-state index is -0.957. The highest BCUT2D eigenvalue weighted by Gasteiger charge is 2.26. The SMILES string of the molecule is Fc1ccc2[nH]c(CNc3nc(N4CCOCC4)nc4c(C5CCC5)cnn34)nc2c1F. The highest BCUT2D eigenvalue weighted by Crippen LogP contribution is 2.38. The Hall–Kier alpha value is -3.34. The van der Waals surface area contributed by atoms with Crippen molar-refractivity contribution in [1.82, 2.24) is 29.5 Å². The first kappa shape index (κ1) is 19.4. The number of hydrogen-bond acceptors (Lipinski definition) is 7. The third kappa shape index (κ3) is 3.24. The molecule has 2 N–H and O–H groups in total. The van der Waals surface area contributed by atoms with E-state index in [0.717, 1.165) is 43.2 Å². The lowest BCUT2D eigenvalue weighted by Gasteiger charge is -2.28. The number of nitrogens with zero attached hydrogens (tertiary/aromatic N) is 6. The van der Waals surface area contributed by atoms with E-state index in [1.165, 1.54) is 12.5 Å². The molecule has 11 heteroatoms. The lowest BCUT2D eigenvalue weighted by Crippen LogP contribution is -2.37. The fourth-order valence-corrected chi connectivity index (χ4v) is 4.22. The minimum absolute atomic E-state index is 0.0185. The van der Waals surface area contributed by atoms with Crippen LogP contribution < -0.4 is 10.2 Å². The summed E-state index contributed by atoms with van der Waals surface area (Å²) < 4.78 is 34.7. The van der Waals surface area contributed by atoms with E-state index in [1.54, 1.807) is 4.52 Å². The normalized spacial score (nSPS) is 17.2. The molecule has 0 radical (unpaired) electrons. The van der Waals surface area contributed by atoms with Gasteiger partial charge in [-0.2, -0.15) is 19.6 Å². The van der Waals surface area contributed by atoms with Gasteiger partial charge >= 0.3 is 0 Å². The van der Waals surface area contributed by atoms with Crippen LogP contribution in [0.2, 0.25) is 0 Å². The van der Waals surface area contributed by atoms with E-state index in [0.29, 0.717) is 42.4 Å². The summed E-state index contributed by atoms with van der Waals surface area (Å²) in [5.41, 5.74) is 2.35. The molecular formula is C21H22F2N8O. The molecular weight excluding hydrogens is 418 g/mol. The van der Waals surface area contributed by atoms with E-state index in [4.69, 9.17) is 14.7 Å². The van der Waals surface area contributed by atoms with Crippen molar-refractivity contribution >= 4 is 28.6 Å². The Morgan fingerprint density at radius 1 is 1.12 bits per heavy atom. The van der Waals surface area contributed by atoms with Crippen LogP contribution in [0.4, 0.5) is 20.7 Å². The van der Waals surface area contributed by atoms with Gasteiger partial charge in [-0.3, -0.25) is 0 Å². The lowest BCUT2D eigenvalue weighted by atomic mass is 9.81. The van der Waals surface area contributed by atoms with E-state index in [1.807, 2.05) is 6.20 Å². The molecule has 2 aliphatic rings. The lowest BCUT2D eigenvalue weighted by molar-refractivity contribution is 0.122. The van der Waals surface area contributed by atoms with Gasteiger partial charge in [0.1, 0.15) is 11.3 Å². The predicted molar refractivity (Wildman–Crippen MR) is 114 cm³/mol. The van der Waals surface area contributed by atoms with Crippen molar-refractivity contribution in [2.75, 3.05) is 36.5 Å². The number of H-pyrrole nitrogens is 1. The van der Waals surface area contributed by atoms with Crippen LogP contribution in [0.25, 0.3) is 16.7 Å². The molecule has 4 aromatic rings. The number of nitrogens with one attached hydrogen (secondary N) is 2. The van der Waals surface area contributed by atoms with Gasteiger partial charge in [-0.15, -0.1) is 0 Å². The van der Waals surface area contributed by atoms with Crippen LogP contribution in [0.5, 0.6) is 0 Å². The molecule has 0 bridgehead atoms. The molecule has 1 aliphatic heterocycles. The van der Waals surface area contributed by atoms with Crippen LogP contribution in [0.15, 0.2) is 18.3 Å². The number of halogens is 2. The molecule has 4 heterocycles. The van der Waals surface area contributed by atoms with E-state index >= 15 is 0 Å². The first-order valence-electron chi connectivity index (χ1n) is 10.8. The largest absolute Gasteiger partial charge is 0.378 e. The quantitative estimate of drug-likeness (QED) is 0.493. The molecule has 166 valence electrons. The average Bonchev–Trinajstić information content (AvgIpc) is 3.39. The molecule has 3 aromatic heterocycles. The van der Waals surface area contributed by atoms with Gasteiger partial charge in [-0.25, -0.2) is 13.8 Å². The van der Waals surface area contributed by atoms with Gasteiger partial charge in [-0.05, 0) is 30.9 Å². The molecule has 0 unspecified atom stereocenters. The van der Waals surface area contributed by atoms with Crippen molar-refractivity contribution < 1.29 is 13.5 Å². The smallest absolute Gasteiger partial charge is 0.230 e. The molecule has 32 heavy (non-hydrogen) atoms. The standard InChI is InChI=1S/C21H22F2N8O/c22-14-4-5-15-18(17(14)23)27-16(26-15)11-24-20-29-21(30-6-8-32-9-7-30)28-19-13(10-25-31(19)20)12-2-1-3-12/h4-5,10,12H,1-3,6-9,11H2,(H,26,27)(H,24,28,29). The Morgan fingerprint density at radius 3 is 2.75 bits per heavy atom. The van der Waals surface area contributed by atoms with Crippen LogP contribution >= 0.6 is 0 Å². The monoisotopic (exact) mass is 440 g/mol. The molecule has 2 fully saturated rings. The predicted octanol–water partition coefficient (Wildman–Crippen LogP) is 3.00. The maximum absolute atomic E-state index is 14.0. The summed E-state index contributed by atoms with van der Waals surface area (Å²) in [6.45, 7) is 2.94. The van der Waals surface area contributed by atoms with Gasteiger partial charge in [0.25, 0.3) is 0 Å². The number of benzene rings is 1. The maximum Gasteiger partial charge on any atom is 0.230 e. The molecule has 6 rings (SSSR count). The zero-order valence-corrected chi connectivity index (χ0v) is 17.3. The van der Waals surface area contributed by atoms with E-state index in [2.05, 4.69) is 25.3 Å². The number of aromatic amines is 1. The molecule has 1 aromatic carbocycles. The summed E-state index contributed by atoms with van der Waals surface area (Å²) in [6, 6.07) is 2.56. The second kappa shape index (κ2) is 7.66. The van der Waals surface area contributed by atoms with Gasteiger partial charge < -0.3 is 19.9 Å². The van der Waals surface area contributed by atoms with Crippen molar-refractivity contribution in [2.45, 2.75) is 31.7 Å². The summed E-state index contributed by atoms with van der Waals surface area (Å²) in [4.78, 5) is 18.9. The number of morpholine rings is 1. The first-order valence-corrected chi connectivity index (χ1v) is 10.8. The molecule has 9 nitrogen and oxygen atoms in total. The second-order valence-electron chi connectivity index (χ2n) is 8.20. The Morgan fingerprint density at radius 2 is 1.97 bits per heavy atom. The third-order valence-electron chi connectivity index (χ3n) is 6.23. The summed E-state index contributed by atoms with van der Waals surface area (Å²) in [6.07, 6.45) is 5.38. The Labute approximate surface area is 181 Å². The van der Waals surface area contributed by atoms with Crippen LogP contribution in [0, 0.1) is 11.6 Å². The Bertz CT molecular complexity index is 1290.